The highest BCUT2D eigenvalue weighted by molar-refractivity contribution is 7.26. The van der Waals surface area contributed by atoms with Gasteiger partial charge >= 0.3 is 0 Å². The lowest BCUT2D eigenvalue weighted by molar-refractivity contribution is 1.14. The lowest BCUT2D eigenvalue weighted by Gasteiger charge is -2.42. The number of pyridine rings is 2. The van der Waals surface area contributed by atoms with Gasteiger partial charge in [0.15, 0.2) is 0 Å². The van der Waals surface area contributed by atoms with Crippen LogP contribution in [-0.2, 0) is 0 Å². The Balaban J connectivity index is 0.858. The minimum absolute atomic E-state index is 1.06. The minimum atomic E-state index is 1.06. The zero-order chi connectivity index (χ0) is 58.7. The molecule has 18 aromatic rings. The van der Waals surface area contributed by atoms with Crippen molar-refractivity contribution in [2.75, 3.05) is 19.6 Å². The monoisotopic (exact) mass is 1180 g/mol. The summed E-state index contributed by atoms with van der Waals surface area (Å²) in [6, 6.07) is 99.0. The van der Waals surface area contributed by atoms with Crippen LogP contribution >= 0.6 is 22.7 Å². The fourth-order valence-corrected chi connectivity index (χ4v) is 17.4. The Hall–Kier alpha value is -11.6. The van der Waals surface area contributed by atoms with E-state index in [0.29, 0.717) is 0 Å². The molecule has 20 rings (SSSR count). The third-order valence-electron chi connectivity index (χ3n) is 18.7. The van der Waals surface area contributed by atoms with E-state index in [9.17, 15) is 0 Å². The van der Waals surface area contributed by atoms with Crippen molar-refractivity contribution >= 4 is 186 Å². The number of aromatic nitrogens is 4. The molecule has 0 fully saturated rings. The average Bonchev–Trinajstić information content (AvgIpc) is 1.18. The zero-order valence-electron chi connectivity index (χ0n) is 48.1. The second-order valence-corrected chi connectivity index (χ2v) is 25.4. The van der Waals surface area contributed by atoms with Gasteiger partial charge in [0, 0.05) is 99.4 Å². The first-order valence-corrected chi connectivity index (χ1v) is 32.0. The third kappa shape index (κ3) is 6.94. The van der Waals surface area contributed by atoms with Gasteiger partial charge in [-0.05, 0) is 121 Å². The second-order valence-electron chi connectivity index (χ2n) is 23.3. The van der Waals surface area contributed by atoms with Crippen molar-refractivity contribution in [3.63, 3.8) is 0 Å². The number of hydrogen-bond donors (Lipinski definition) is 0. The Kier molecular flexibility index (Phi) is 10.4. The molecule has 0 atom stereocenters. The molecular formula is C80H48N8S2. The second kappa shape index (κ2) is 19.0. The first-order valence-electron chi connectivity index (χ1n) is 30.4. The summed E-state index contributed by atoms with van der Waals surface area (Å²) in [7, 11) is 0. The third-order valence-corrected chi connectivity index (χ3v) is 21.1. The summed E-state index contributed by atoms with van der Waals surface area (Å²) in [6.07, 6.45) is 7.57. The molecule has 0 saturated carbocycles. The van der Waals surface area contributed by atoms with E-state index in [1.165, 1.54) is 61.9 Å². The van der Waals surface area contributed by atoms with Crippen molar-refractivity contribution in [3.8, 4) is 11.4 Å². The number of fused-ring (bicyclic) bond motifs is 17. The van der Waals surface area contributed by atoms with E-state index < -0.39 is 0 Å². The van der Waals surface area contributed by atoms with Crippen LogP contribution in [0.25, 0.3) is 106 Å². The smallest absolute Gasteiger partial charge is 0.0724 e. The lowest BCUT2D eigenvalue weighted by atomic mass is 9.98. The fourth-order valence-electron chi connectivity index (χ4n) is 15.0. The molecule has 10 heteroatoms. The van der Waals surface area contributed by atoms with Crippen LogP contribution < -0.4 is 19.6 Å². The van der Waals surface area contributed by atoms with Gasteiger partial charge in [-0.2, -0.15) is 0 Å². The lowest BCUT2D eigenvalue weighted by Crippen LogP contribution is -2.25. The van der Waals surface area contributed by atoms with Gasteiger partial charge in [0.1, 0.15) is 0 Å². The molecule has 2 aliphatic heterocycles. The molecule has 8 heterocycles. The minimum Gasteiger partial charge on any atom is -0.309 e. The average molecular weight is 1190 g/mol. The molecule has 0 aliphatic carbocycles. The molecule has 90 heavy (non-hydrogen) atoms. The quantitative estimate of drug-likeness (QED) is 0.165. The van der Waals surface area contributed by atoms with Crippen LogP contribution in [0.2, 0.25) is 0 Å². The number of hydrogen-bond acceptors (Lipinski definition) is 8. The summed E-state index contributed by atoms with van der Waals surface area (Å²) in [5, 5.41) is 12.0. The molecule has 0 bridgehead atoms. The Labute approximate surface area is 524 Å². The van der Waals surface area contributed by atoms with Gasteiger partial charge in [-0.3, -0.25) is 9.97 Å². The number of anilines is 12. The standard InChI is InChI=1S/C80H48N8S2/c1-5-25-61-53(17-1)59-45-73-75(47-71(59)83(61)49-37-41-81-42-38-49)85(65-27-7-9-29-67(65)87(73)69-33-15-23-57-55-19-3-11-35-77(55)89-79(57)69)63-31-13-22-52-51(63)21-14-32-64(52)86-66-28-8-10-30-68(66)88(70-34-16-24-58-56-20-4-12-36-78(56)90-80(58)70)74-46-60-54-18-2-6-26-62(54)84(72(60)48-76(74)86)50-39-43-82-44-40-50/h1-48H. The van der Waals surface area contributed by atoms with Gasteiger partial charge in [-0.15, -0.1) is 22.7 Å². The van der Waals surface area contributed by atoms with Crippen molar-refractivity contribution in [3.05, 3.63) is 292 Å². The topological polar surface area (TPSA) is 48.6 Å². The molecule has 0 spiro atoms. The van der Waals surface area contributed by atoms with Crippen molar-refractivity contribution in [1.29, 1.82) is 0 Å². The van der Waals surface area contributed by atoms with E-state index >= 15 is 0 Å². The summed E-state index contributed by atoms with van der Waals surface area (Å²) in [5.41, 5.74) is 19.7. The predicted molar refractivity (Wildman–Crippen MR) is 380 cm³/mol. The normalized spacial score (nSPS) is 13.0. The van der Waals surface area contributed by atoms with Gasteiger partial charge in [-0.25, -0.2) is 0 Å². The summed E-state index contributed by atoms with van der Waals surface area (Å²) < 4.78 is 9.86. The highest BCUT2D eigenvalue weighted by Crippen LogP contribution is 2.62. The van der Waals surface area contributed by atoms with Gasteiger partial charge in [0.25, 0.3) is 0 Å². The molecule has 420 valence electrons. The number of rotatable bonds is 6. The molecule has 0 N–H and O–H groups in total. The maximum atomic E-state index is 4.48. The van der Waals surface area contributed by atoms with E-state index in [2.05, 4.69) is 306 Å². The summed E-state index contributed by atoms with van der Waals surface area (Å²) in [5.74, 6) is 0. The van der Waals surface area contributed by atoms with Gasteiger partial charge in [-0.1, -0.05) is 146 Å². The predicted octanol–water partition coefficient (Wildman–Crippen LogP) is 23.1. The fraction of sp³-hybridized carbons (Fsp3) is 0. The van der Waals surface area contributed by atoms with Crippen LogP contribution in [0.1, 0.15) is 0 Å². The largest absolute Gasteiger partial charge is 0.309 e. The van der Waals surface area contributed by atoms with E-state index in [0.717, 1.165) is 112 Å². The van der Waals surface area contributed by atoms with Crippen molar-refractivity contribution < 1.29 is 0 Å². The zero-order valence-corrected chi connectivity index (χ0v) is 49.7. The number of nitrogens with zero attached hydrogens (tertiary/aromatic N) is 8. The van der Waals surface area contributed by atoms with Crippen LogP contribution in [0, 0.1) is 0 Å². The van der Waals surface area contributed by atoms with Crippen molar-refractivity contribution in [2.24, 2.45) is 0 Å². The van der Waals surface area contributed by atoms with E-state index in [1.807, 2.05) is 47.5 Å². The first kappa shape index (κ1) is 49.5. The molecule has 2 aliphatic rings. The summed E-state index contributed by atoms with van der Waals surface area (Å²) in [6.45, 7) is 0. The van der Waals surface area contributed by atoms with Crippen molar-refractivity contribution in [1.82, 2.24) is 19.1 Å². The molecule has 0 radical (unpaired) electrons. The van der Waals surface area contributed by atoms with Crippen LogP contribution in [0.5, 0.6) is 0 Å². The molecule has 8 nitrogen and oxygen atoms in total. The molecule has 0 amide bonds. The Morgan fingerprint density at radius 3 is 0.944 bits per heavy atom. The Morgan fingerprint density at radius 2 is 0.522 bits per heavy atom. The van der Waals surface area contributed by atoms with Crippen LogP contribution in [0.15, 0.2) is 292 Å². The van der Waals surface area contributed by atoms with E-state index in [4.69, 9.17) is 0 Å². The molecule has 6 aromatic heterocycles. The first-order chi connectivity index (χ1) is 44.7. The molecule has 0 unspecified atom stereocenters. The van der Waals surface area contributed by atoms with Crippen molar-refractivity contribution in [2.45, 2.75) is 0 Å². The van der Waals surface area contributed by atoms with Crippen LogP contribution in [-0.4, -0.2) is 19.1 Å². The molecular weight excluding hydrogens is 1140 g/mol. The summed E-state index contributed by atoms with van der Waals surface area (Å²) in [4.78, 5) is 19.1. The van der Waals surface area contributed by atoms with E-state index in [-0.39, 0.29) is 0 Å². The van der Waals surface area contributed by atoms with E-state index in [1.54, 1.807) is 0 Å². The number of para-hydroxylation sites is 6. The van der Waals surface area contributed by atoms with Gasteiger partial charge < -0.3 is 28.7 Å². The Bertz CT molecular complexity index is 5670. The highest BCUT2D eigenvalue weighted by atomic mass is 32.1. The molecule has 12 aromatic carbocycles. The maximum absolute atomic E-state index is 4.48. The SMILES string of the molecule is c1ccc2c(c1)N(c1cccc3c(N4c5ccccc5N(c5cccc6c5sc5ccccc56)c5cc6c7ccccc7n(-c7ccncc7)c6cc54)cccc13)c1cc3c(cc1N2c1cccc2c1sc1ccccc12)c1ccccc1n3-c1ccncc1. The maximum Gasteiger partial charge on any atom is 0.0724 e. The van der Waals surface area contributed by atoms with Gasteiger partial charge in [0.2, 0.25) is 0 Å². The Morgan fingerprint density at radius 1 is 0.211 bits per heavy atom. The molecule has 0 saturated heterocycles. The number of benzene rings is 12. The number of thiophene rings is 2. The van der Waals surface area contributed by atoms with Crippen LogP contribution in [0.3, 0.4) is 0 Å². The van der Waals surface area contributed by atoms with Gasteiger partial charge in [0.05, 0.1) is 99.7 Å². The van der Waals surface area contributed by atoms with Crippen LogP contribution in [0.4, 0.5) is 68.2 Å². The summed E-state index contributed by atoms with van der Waals surface area (Å²) >= 11 is 3.74. The highest BCUT2D eigenvalue weighted by Gasteiger charge is 2.37.